The lowest BCUT2D eigenvalue weighted by Crippen LogP contribution is -2.13. The summed E-state index contributed by atoms with van der Waals surface area (Å²) in [6, 6.07) is 7.90. The first-order valence-electron chi connectivity index (χ1n) is 8.08. The number of rotatable bonds is 6. The van der Waals surface area contributed by atoms with Gasteiger partial charge in [-0.25, -0.2) is 0 Å². The molecule has 1 aliphatic carbocycles. The van der Waals surface area contributed by atoms with Gasteiger partial charge < -0.3 is 15.0 Å². The van der Waals surface area contributed by atoms with Gasteiger partial charge in [0.2, 0.25) is 5.82 Å². The van der Waals surface area contributed by atoms with Gasteiger partial charge in [0.1, 0.15) is 6.10 Å². The standard InChI is InChI=1S/C17H23N3O2.ClH/c1-2-15(21-14-5-3-4-6-14)17-19-16(20-22-17)13-9-7-12(11-18)8-10-13;/h7-10,14-15H,2-6,11,18H2,1H3;1H. The molecule has 126 valence electrons. The third-order valence-corrected chi connectivity index (χ3v) is 4.19. The second kappa shape index (κ2) is 8.43. The molecule has 0 bridgehead atoms. The normalized spacial score (nSPS) is 16.3. The molecule has 1 heterocycles. The molecule has 0 amide bonds. The van der Waals surface area contributed by atoms with Crippen molar-refractivity contribution in [2.45, 2.75) is 57.8 Å². The summed E-state index contributed by atoms with van der Waals surface area (Å²) >= 11 is 0. The SMILES string of the molecule is CCC(OC1CCCC1)c1nc(-c2ccc(CN)cc2)no1.Cl. The van der Waals surface area contributed by atoms with Crippen molar-refractivity contribution in [3.63, 3.8) is 0 Å². The molecule has 3 rings (SSSR count). The van der Waals surface area contributed by atoms with Crippen molar-refractivity contribution in [3.8, 4) is 11.4 Å². The van der Waals surface area contributed by atoms with E-state index in [2.05, 4.69) is 17.1 Å². The second-order valence-corrected chi connectivity index (χ2v) is 5.80. The molecule has 5 nitrogen and oxygen atoms in total. The Balaban J connectivity index is 0.00000192. The first-order valence-corrected chi connectivity index (χ1v) is 8.08. The zero-order valence-electron chi connectivity index (χ0n) is 13.4. The maximum Gasteiger partial charge on any atom is 0.256 e. The molecular weight excluding hydrogens is 314 g/mol. The van der Waals surface area contributed by atoms with Gasteiger partial charge in [-0.15, -0.1) is 12.4 Å². The molecule has 0 radical (unpaired) electrons. The average Bonchev–Trinajstić information content (AvgIpc) is 3.24. The molecule has 1 aliphatic rings. The van der Waals surface area contributed by atoms with Crippen LogP contribution in [0.1, 0.15) is 56.6 Å². The topological polar surface area (TPSA) is 74.2 Å². The Labute approximate surface area is 143 Å². The molecule has 1 saturated carbocycles. The number of hydrogen-bond donors (Lipinski definition) is 1. The van der Waals surface area contributed by atoms with Crippen molar-refractivity contribution >= 4 is 12.4 Å². The molecule has 1 fully saturated rings. The predicted molar refractivity (Wildman–Crippen MR) is 91.2 cm³/mol. The summed E-state index contributed by atoms with van der Waals surface area (Å²) in [5.41, 5.74) is 7.63. The highest BCUT2D eigenvalue weighted by atomic mass is 35.5. The number of aromatic nitrogens is 2. The zero-order chi connectivity index (χ0) is 15.4. The number of benzene rings is 1. The van der Waals surface area contributed by atoms with E-state index in [4.69, 9.17) is 15.0 Å². The predicted octanol–water partition coefficient (Wildman–Crippen LogP) is 4.03. The highest BCUT2D eigenvalue weighted by molar-refractivity contribution is 5.85. The smallest absolute Gasteiger partial charge is 0.256 e. The van der Waals surface area contributed by atoms with E-state index in [0.717, 1.165) is 30.4 Å². The molecular formula is C17H24ClN3O2. The Morgan fingerprint density at radius 3 is 2.57 bits per heavy atom. The van der Waals surface area contributed by atoms with Crippen LogP contribution in [0.25, 0.3) is 11.4 Å². The highest BCUT2D eigenvalue weighted by Gasteiger charge is 2.24. The van der Waals surface area contributed by atoms with Crippen LogP contribution in [0.5, 0.6) is 0 Å². The van der Waals surface area contributed by atoms with E-state index in [1.54, 1.807) is 0 Å². The quantitative estimate of drug-likeness (QED) is 0.861. The van der Waals surface area contributed by atoms with E-state index in [0.29, 0.717) is 24.4 Å². The fourth-order valence-corrected chi connectivity index (χ4v) is 2.86. The van der Waals surface area contributed by atoms with E-state index in [1.807, 2.05) is 24.3 Å². The second-order valence-electron chi connectivity index (χ2n) is 5.80. The Morgan fingerprint density at radius 1 is 1.26 bits per heavy atom. The highest BCUT2D eigenvalue weighted by Crippen LogP contribution is 2.30. The van der Waals surface area contributed by atoms with Gasteiger partial charge in [0, 0.05) is 12.1 Å². The van der Waals surface area contributed by atoms with Gasteiger partial charge in [0.15, 0.2) is 0 Å². The van der Waals surface area contributed by atoms with Crippen LogP contribution in [0.15, 0.2) is 28.8 Å². The summed E-state index contributed by atoms with van der Waals surface area (Å²) in [5, 5.41) is 4.09. The Bertz CT molecular complexity index is 594. The Hall–Kier alpha value is -1.43. The van der Waals surface area contributed by atoms with Gasteiger partial charge >= 0.3 is 0 Å². The molecule has 1 aromatic heterocycles. The fraction of sp³-hybridized carbons (Fsp3) is 0.529. The van der Waals surface area contributed by atoms with E-state index < -0.39 is 0 Å². The lowest BCUT2D eigenvalue weighted by atomic mass is 10.1. The zero-order valence-corrected chi connectivity index (χ0v) is 14.2. The van der Waals surface area contributed by atoms with Crippen LogP contribution < -0.4 is 5.73 Å². The molecule has 1 unspecified atom stereocenters. The lowest BCUT2D eigenvalue weighted by molar-refractivity contribution is -0.0275. The van der Waals surface area contributed by atoms with E-state index in [1.165, 1.54) is 12.8 Å². The van der Waals surface area contributed by atoms with Crippen LogP contribution >= 0.6 is 12.4 Å². The average molecular weight is 338 g/mol. The first kappa shape index (κ1) is 17.9. The number of halogens is 1. The van der Waals surface area contributed by atoms with Gasteiger partial charge in [-0.2, -0.15) is 4.98 Å². The summed E-state index contributed by atoms with van der Waals surface area (Å²) in [6.07, 6.45) is 5.85. The molecule has 23 heavy (non-hydrogen) atoms. The minimum absolute atomic E-state index is 0. The molecule has 1 atom stereocenters. The van der Waals surface area contributed by atoms with Crippen LogP contribution in [0.4, 0.5) is 0 Å². The molecule has 2 N–H and O–H groups in total. The third kappa shape index (κ3) is 4.31. The fourth-order valence-electron chi connectivity index (χ4n) is 2.86. The summed E-state index contributed by atoms with van der Waals surface area (Å²) in [5.74, 6) is 1.18. The van der Waals surface area contributed by atoms with Gasteiger partial charge in [-0.05, 0) is 24.8 Å². The minimum Gasteiger partial charge on any atom is -0.365 e. The van der Waals surface area contributed by atoms with Crippen LogP contribution in [0, 0.1) is 0 Å². The van der Waals surface area contributed by atoms with Gasteiger partial charge in [0.05, 0.1) is 6.10 Å². The Morgan fingerprint density at radius 2 is 1.96 bits per heavy atom. The van der Waals surface area contributed by atoms with Crippen molar-refractivity contribution in [2.75, 3.05) is 0 Å². The maximum absolute atomic E-state index is 6.12. The molecule has 0 saturated heterocycles. The molecule has 0 aliphatic heterocycles. The number of nitrogens with zero attached hydrogens (tertiary/aromatic N) is 2. The van der Waals surface area contributed by atoms with Crippen LogP contribution in [-0.4, -0.2) is 16.2 Å². The van der Waals surface area contributed by atoms with Gasteiger partial charge in [-0.3, -0.25) is 0 Å². The number of hydrogen-bond acceptors (Lipinski definition) is 5. The minimum atomic E-state index is -0.104. The first-order chi connectivity index (χ1) is 10.8. The lowest BCUT2D eigenvalue weighted by Gasteiger charge is -2.17. The Kier molecular flexibility index (Phi) is 6.57. The van der Waals surface area contributed by atoms with Gasteiger partial charge in [0.25, 0.3) is 5.89 Å². The molecule has 0 spiro atoms. The van der Waals surface area contributed by atoms with Gasteiger partial charge in [-0.1, -0.05) is 49.2 Å². The summed E-state index contributed by atoms with van der Waals surface area (Å²) in [7, 11) is 0. The van der Waals surface area contributed by atoms with Crippen molar-refractivity contribution < 1.29 is 9.26 Å². The van der Waals surface area contributed by atoms with Crippen LogP contribution in [0.3, 0.4) is 0 Å². The summed E-state index contributed by atoms with van der Waals surface area (Å²) < 4.78 is 11.5. The van der Waals surface area contributed by atoms with E-state index >= 15 is 0 Å². The molecule has 6 heteroatoms. The molecule has 2 aromatic rings. The third-order valence-electron chi connectivity index (χ3n) is 4.19. The summed E-state index contributed by atoms with van der Waals surface area (Å²) in [6.45, 7) is 2.62. The van der Waals surface area contributed by atoms with Crippen molar-refractivity contribution in [1.82, 2.24) is 10.1 Å². The van der Waals surface area contributed by atoms with Crippen LogP contribution in [0.2, 0.25) is 0 Å². The van der Waals surface area contributed by atoms with Crippen molar-refractivity contribution in [3.05, 3.63) is 35.7 Å². The number of ether oxygens (including phenoxy) is 1. The molecule has 1 aromatic carbocycles. The maximum atomic E-state index is 6.12. The largest absolute Gasteiger partial charge is 0.365 e. The van der Waals surface area contributed by atoms with E-state index in [-0.39, 0.29) is 18.5 Å². The number of nitrogens with two attached hydrogens (primary N) is 1. The summed E-state index contributed by atoms with van der Waals surface area (Å²) in [4.78, 5) is 4.52. The van der Waals surface area contributed by atoms with E-state index in [9.17, 15) is 0 Å². The van der Waals surface area contributed by atoms with Crippen LogP contribution in [-0.2, 0) is 11.3 Å². The van der Waals surface area contributed by atoms with Crippen molar-refractivity contribution in [1.29, 1.82) is 0 Å². The van der Waals surface area contributed by atoms with Crippen molar-refractivity contribution in [2.24, 2.45) is 5.73 Å². The monoisotopic (exact) mass is 337 g/mol.